The number of carboxylic acids is 3. The van der Waals surface area contributed by atoms with Crippen LogP contribution < -0.4 is 0 Å². The van der Waals surface area contributed by atoms with Crippen molar-refractivity contribution in [3.05, 3.63) is 49.6 Å². The molecule has 0 saturated heterocycles. The Bertz CT molecular complexity index is 286. The van der Waals surface area contributed by atoms with E-state index in [0.717, 1.165) is 0 Å². The number of rotatable bonds is 3. The van der Waals surface area contributed by atoms with E-state index in [1.54, 1.807) is 0 Å². The van der Waals surface area contributed by atoms with E-state index in [-0.39, 0.29) is 16.7 Å². The summed E-state index contributed by atoms with van der Waals surface area (Å²) in [4.78, 5) is 28.8. The molecule has 0 aliphatic heterocycles. The molecule has 0 aromatic rings. The molecule has 0 rings (SSSR count). The van der Waals surface area contributed by atoms with Gasteiger partial charge in [-0.15, -0.1) is 13.2 Å². The molecule has 20 heavy (non-hydrogen) atoms. The number of carbonyl (C=O) groups is 3. The van der Waals surface area contributed by atoms with E-state index in [1.165, 1.54) is 20.8 Å². The number of hydrogen-bond donors (Lipinski definition) is 3. The molecule has 0 saturated carbocycles. The van der Waals surface area contributed by atoms with E-state index in [4.69, 9.17) is 15.3 Å². The highest BCUT2D eigenvalue weighted by molar-refractivity contribution is 5.85. The Morgan fingerprint density at radius 3 is 0.650 bits per heavy atom. The van der Waals surface area contributed by atoms with Gasteiger partial charge >= 0.3 is 17.9 Å². The SMILES string of the molecule is C=C.C=C(C)C(=O)O.C=C(C)C(=O)O.C=C(C)C(=O)O. The molecule has 0 heterocycles. The predicted octanol–water partition coefficient (Wildman–Crippen LogP) is 2.74. The van der Waals surface area contributed by atoms with E-state index in [2.05, 4.69) is 32.9 Å². The minimum atomic E-state index is -0.935. The van der Waals surface area contributed by atoms with Crippen molar-refractivity contribution in [2.24, 2.45) is 0 Å². The Kier molecular flexibility index (Phi) is 21.3. The van der Waals surface area contributed by atoms with Gasteiger partial charge in [0, 0.05) is 16.7 Å². The minimum Gasteiger partial charge on any atom is -0.478 e. The molecule has 0 bridgehead atoms. The standard InChI is InChI=1S/3C4H6O2.C2H4/c3*1-3(2)4(5)6;1-2/h3*1H2,2H3,(H,5,6);1-2H2. The normalized spacial score (nSPS) is 6.95. The van der Waals surface area contributed by atoms with Crippen LogP contribution in [0.1, 0.15) is 20.8 Å². The van der Waals surface area contributed by atoms with Gasteiger partial charge in [-0.2, -0.15) is 0 Å². The topological polar surface area (TPSA) is 112 Å². The van der Waals surface area contributed by atoms with Crippen LogP contribution in [-0.4, -0.2) is 33.2 Å². The number of aliphatic carboxylic acids is 3. The fourth-order valence-corrected chi connectivity index (χ4v) is 0. The maximum absolute atomic E-state index is 9.60. The lowest BCUT2D eigenvalue weighted by molar-refractivity contribution is -0.133. The molecular formula is C14H22O6. The first-order valence-electron chi connectivity index (χ1n) is 5.09. The fraction of sp³-hybridized carbons (Fsp3) is 0.214. The third kappa shape index (κ3) is 36.1. The van der Waals surface area contributed by atoms with Crippen molar-refractivity contribution in [3.8, 4) is 0 Å². The summed E-state index contributed by atoms with van der Waals surface area (Å²) in [5.41, 5.74) is 0.528. The van der Waals surface area contributed by atoms with Crippen LogP contribution in [-0.2, 0) is 14.4 Å². The zero-order valence-corrected chi connectivity index (χ0v) is 12.1. The molecule has 6 nitrogen and oxygen atoms in total. The summed E-state index contributed by atoms with van der Waals surface area (Å²) in [6, 6.07) is 0. The summed E-state index contributed by atoms with van der Waals surface area (Å²) in [6.45, 7) is 19.8. The molecule has 0 fully saturated rings. The van der Waals surface area contributed by atoms with Gasteiger partial charge in [-0.25, -0.2) is 14.4 Å². The molecule has 6 heteroatoms. The van der Waals surface area contributed by atoms with Crippen LogP contribution in [0.3, 0.4) is 0 Å². The Hall–Kier alpha value is -2.63. The molecule has 0 atom stereocenters. The van der Waals surface area contributed by atoms with Crippen LogP contribution in [0.4, 0.5) is 0 Å². The number of carboxylic acid groups (broad SMARTS) is 3. The van der Waals surface area contributed by atoms with Gasteiger partial charge in [0.1, 0.15) is 0 Å². The molecule has 0 unspecified atom stereocenters. The van der Waals surface area contributed by atoms with Crippen LogP contribution in [0.15, 0.2) is 49.6 Å². The summed E-state index contributed by atoms with van der Waals surface area (Å²) >= 11 is 0. The van der Waals surface area contributed by atoms with Crippen LogP contribution in [0, 0.1) is 0 Å². The quantitative estimate of drug-likeness (QED) is 0.543. The molecule has 0 aromatic carbocycles. The van der Waals surface area contributed by atoms with Crippen LogP contribution in [0.25, 0.3) is 0 Å². The Labute approximate surface area is 119 Å². The van der Waals surface area contributed by atoms with Gasteiger partial charge in [0.05, 0.1) is 0 Å². The summed E-state index contributed by atoms with van der Waals surface area (Å²) < 4.78 is 0. The van der Waals surface area contributed by atoms with Crippen molar-refractivity contribution in [3.63, 3.8) is 0 Å². The van der Waals surface area contributed by atoms with Crippen molar-refractivity contribution in [1.29, 1.82) is 0 Å². The second-order valence-electron chi connectivity index (χ2n) is 3.26. The van der Waals surface area contributed by atoms with E-state index in [0.29, 0.717) is 0 Å². The molecule has 0 aliphatic rings. The Balaban J connectivity index is -0.0000000902. The average molecular weight is 286 g/mol. The zero-order valence-electron chi connectivity index (χ0n) is 12.1. The smallest absolute Gasteiger partial charge is 0.330 e. The summed E-state index contributed by atoms with van der Waals surface area (Å²) in [7, 11) is 0. The molecule has 0 aliphatic carbocycles. The van der Waals surface area contributed by atoms with E-state index in [9.17, 15) is 14.4 Å². The first-order valence-corrected chi connectivity index (χ1v) is 5.09. The van der Waals surface area contributed by atoms with Crippen molar-refractivity contribution in [2.75, 3.05) is 0 Å². The van der Waals surface area contributed by atoms with Crippen LogP contribution >= 0.6 is 0 Å². The summed E-state index contributed by atoms with van der Waals surface area (Å²) in [6.07, 6.45) is 0. The first kappa shape index (κ1) is 26.0. The van der Waals surface area contributed by atoms with Crippen LogP contribution in [0.2, 0.25) is 0 Å². The van der Waals surface area contributed by atoms with Crippen molar-refractivity contribution < 1.29 is 29.7 Å². The van der Waals surface area contributed by atoms with Gasteiger partial charge < -0.3 is 15.3 Å². The minimum absolute atomic E-state index is 0.176. The van der Waals surface area contributed by atoms with Gasteiger partial charge in [0.15, 0.2) is 0 Å². The molecular weight excluding hydrogens is 264 g/mol. The van der Waals surface area contributed by atoms with Crippen LogP contribution in [0.5, 0.6) is 0 Å². The highest BCUT2D eigenvalue weighted by atomic mass is 16.4. The van der Waals surface area contributed by atoms with Gasteiger partial charge in [0.2, 0.25) is 0 Å². The highest BCUT2D eigenvalue weighted by Gasteiger charge is 1.91. The molecule has 0 spiro atoms. The van der Waals surface area contributed by atoms with Gasteiger partial charge in [-0.05, 0) is 20.8 Å². The maximum atomic E-state index is 9.60. The lowest BCUT2D eigenvalue weighted by Crippen LogP contribution is -1.92. The third-order valence-corrected chi connectivity index (χ3v) is 1.10. The molecule has 114 valence electrons. The lowest BCUT2D eigenvalue weighted by atomic mass is 10.4. The van der Waals surface area contributed by atoms with Crippen molar-refractivity contribution in [2.45, 2.75) is 20.8 Å². The van der Waals surface area contributed by atoms with Gasteiger partial charge in [0.25, 0.3) is 0 Å². The Morgan fingerprint density at radius 1 is 0.600 bits per heavy atom. The molecule has 0 radical (unpaired) electrons. The van der Waals surface area contributed by atoms with E-state index < -0.39 is 17.9 Å². The van der Waals surface area contributed by atoms with Crippen molar-refractivity contribution >= 4 is 17.9 Å². The second-order valence-corrected chi connectivity index (χ2v) is 3.26. The van der Waals surface area contributed by atoms with E-state index in [1.807, 2.05) is 0 Å². The monoisotopic (exact) mass is 286 g/mol. The van der Waals surface area contributed by atoms with Gasteiger partial charge in [-0.3, -0.25) is 0 Å². The third-order valence-electron chi connectivity index (χ3n) is 1.10. The lowest BCUT2D eigenvalue weighted by Gasteiger charge is -1.79. The fourth-order valence-electron chi connectivity index (χ4n) is 0. The molecule has 0 amide bonds. The number of hydrogen-bond acceptors (Lipinski definition) is 3. The second kappa shape index (κ2) is 16.4. The largest absolute Gasteiger partial charge is 0.478 e. The Morgan fingerprint density at radius 2 is 0.650 bits per heavy atom. The summed E-state index contributed by atoms with van der Waals surface area (Å²) in [5.74, 6) is -2.81. The predicted molar refractivity (Wildman–Crippen MR) is 78.6 cm³/mol. The average Bonchev–Trinajstić information content (AvgIpc) is 2.32. The zero-order chi connectivity index (χ0) is 17.5. The highest BCUT2D eigenvalue weighted by Crippen LogP contribution is 1.82. The van der Waals surface area contributed by atoms with Crippen molar-refractivity contribution in [1.82, 2.24) is 0 Å². The first-order chi connectivity index (χ1) is 8.93. The molecule has 0 aromatic heterocycles. The molecule has 3 N–H and O–H groups in total. The summed E-state index contributed by atoms with van der Waals surface area (Å²) in [5, 5.41) is 23.7. The van der Waals surface area contributed by atoms with E-state index >= 15 is 0 Å². The maximum Gasteiger partial charge on any atom is 0.330 e. The van der Waals surface area contributed by atoms with Gasteiger partial charge in [-0.1, -0.05) is 19.7 Å².